The molecule has 6 N–H and O–H groups in total. The number of hydrogen-bond donors (Lipinski definition) is 6. The molecule has 1 aromatic heterocycles. The van der Waals surface area contributed by atoms with Crippen molar-refractivity contribution in [3.63, 3.8) is 0 Å². The van der Waals surface area contributed by atoms with Gasteiger partial charge in [0.2, 0.25) is 0 Å². The van der Waals surface area contributed by atoms with E-state index in [0.717, 1.165) is 0 Å². The molecule has 0 saturated carbocycles. The molecule has 5 atom stereocenters. The summed E-state index contributed by atoms with van der Waals surface area (Å²) in [4.78, 5) is 8.01. The Kier molecular flexibility index (Phi) is 8.48. The van der Waals surface area contributed by atoms with Gasteiger partial charge in [0.15, 0.2) is 0 Å². The van der Waals surface area contributed by atoms with Crippen LogP contribution in [-0.4, -0.2) is 84.8 Å². The number of aliphatic hydroxyl groups excluding tert-OH is 6. The molecule has 0 spiro atoms. The first-order chi connectivity index (χ1) is 10.9. The molecule has 0 fully saturated rings. The van der Waals surface area contributed by atoms with Gasteiger partial charge >= 0.3 is 0 Å². The van der Waals surface area contributed by atoms with Gasteiger partial charge in [0.25, 0.3) is 0 Å². The molecule has 1 heterocycles. The highest BCUT2D eigenvalue weighted by Gasteiger charge is 2.29. The first kappa shape index (κ1) is 19.8. The lowest BCUT2D eigenvalue weighted by atomic mass is 10.1. The molecule has 132 valence electrons. The minimum atomic E-state index is -1.29. The van der Waals surface area contributed by atoms with Crippen LogP contribution in [0, 0.1) is 0 Å². The number of ether oxygens (including phenoxy) is 1. The fraction of sp³-hybridized carbons (Fsp3) is 0.714. The van der Waals surface area contributed by atoms with Crippen LogP contribution in [0.5, 0.6) is 0 Å². The number of rotatable bonds is 10. The fourth-order valence-corrected chi connectivity index (χ4v) is 1.97. The lowest BCUT2D eigenvalue weighted by Crippen LogP contribution is -2.37. The highest BCUT2D eigenvalue weighted by molar-refractivity contribution is 5.08. The van der Waals surface area contributed by atoms with Crippen LogP contribution in [-0.2, 0) is 11.2 Å². The normalized spacial score (nSPS) is 18.2. The van der Waals surface area contributed by atoms with Crippen molar-refractivity contribution in [2.75, 3.05) is 19.8 Å². The Hall–Kier alpha value is -1.20. The Labute approximate surface area is 133 Å². The Morgan fingerprint density at radius 2 is 1.61 bits per heavy atom. The van der Waals surface area contributed by atoms with E-state index in [2.05, 4.69) is 9.97 Å². The monoisotopic (exact) mass is 332 g/mol. The molecule has 0 amide bonds. The van der Waals surface area contributed by atoms with E-state index in [1.54, 1.807) is 6.92 Å². The number of hydrogen-bond acceptors (Lipinski definition) is 9. The van der Waals surface area contributed by atoms with Gasteiger partial charge in [-0.2, -0.15) is 0 Å². The third kappa shape index (κ3) is 5.74. The summed E-state index contributed by atoms with van der Waals surface area (Å²) >= 11 is 0. The predicted molar refractivity (Wildman–Crippen MR) is 78.3 cm³/mol. The minimum Gasteiger partial charge on any atom is -0.394 e. The zero-order chi connectivity index (χ0) is 17.4. The first-order valence-corrected chi connectivity index (χ1v) is 7.30. The Morgan fingerprint density at radius 1 is 0.957 bits per heavy atom. The van der Waals surface area contributed by atoms with Crippen molar-refractivity contribution in [1.29, 1.82) is 0 Å². The van der Waals surface area contributed by atoms with Gasteiger partial charge in [0, 0.05) is 19.2 Å². The van der Waals surface area contributed by atoms with E-state index < -0.39 is 43.7 Å². The average molecular weight is 332 g/mol. The zero-order valence-electron chi connectivity index (χ0n) is 12.9. The molecule has 0 aliphatic rings. The van der Waals surface area contributed by atoms with Crippen LogP contribution in [0.4, 0.5) is 0 Å². The van der Waals surface area contributed by atoms with Gasteiger partial charge in [-0.1, -0.05) is 0 Å². The lowest BCUT2D eigenvalue weighted by molar-refractivity contribution is -0.112. The van der Waals surface area contributed by atoms with Crippen LogP contribution in [0.15, 0.2) is 12.4 Å². The maximum Gasteiger partial charge on any atom is 0.126 e. The van der Waals surface area contributed by atoms with Crippen molar-refractivity contribution >= 4 is 0 Å². The molecule has 0 radical (unpaired) electrons. The summed E-state index contributed by atoms with van der Waals surface area (Å²) in [6, 6.07) is 0. The maximum absolute atomic E-state index is 10.2. The summed E-state index contributed by atoms with van der Waals surface area (Å²) in [6.45, 7) is 0.779. The molecule has 0 aromatic carbocycles. The van der Waals surface area contributed by atoms with Crippen LogP contribution in [0.25, 0.3) is 0 Å². The summed E-state index contributed by atoms with van der Waals surface area (Å²) in [5, 5.41) is 56.5. The van der Waals surface area contributed by atoms with Crippen LogP contribution in [0.2, 0.25) is 0 Å². The van der Waals surface area contributed by atoms with Gasteiger partial charge in [-0.25, -0.2) is 0 Å². The first-order valence-electron chi connectivity index (χ1n) is 7.30. The van der Waals surface area contributed by atoms with Gasteiger partial charge in [0.1, 0.15) is 24.4 Å². The van der Waals surface area contributed by atoms with E-state index in [1.807, 2.05) is 0 Å². The van der Waals surface area contributed by atoms with Crippen LogP contribution >= 0.6 is 0 Å². The molecule has 23 heavy (non-hydrogen) atoms. The second-order valence-corrected chi connectivity index (χ2v) is 5.07. The standard InChI is InChI=1S/C14H24N2O7/c1-2-23-14(12(21)7-18)13(22)9-5-15-8(4-16-9)3-10(19)11(20)6-17/h4-5,10-14,17-22H,2-3,6-7H2,1H3/t10-,11+,12+,13+,14-/m0/s1. The molecular formula is C14H24N2O7. The van der Waals surface area contributed by atoms with E-state index in [9.17, 15) is 20.4 Å². The molecule has 0 bridgehead atoms. The molecule has 9 heteroatoms. The van der Waals surface area contributed by atoms with Crippen LogP contribution < -0.4 is 0 Å². The quantitative estimate of drug-likeness (QED) is 0.273. The molecule has 1 aromatic rings. The van der Waals surface area contributed by atoms with Gasteiger partial charge in [-0.15, -0.1) is 0 Å². The molecule has 0 unspecified atom stereocenters. The average Bonchev–Trinajstić information content (AvgIpc) is 2.58. The van der Waals surface area contributed by atoms with Crippen molar-refractivity contribution in [2.45, 2.75) is 43.9 Å². The number of aliphatic hydroxyl groups is 6. The van der Waals surface area contributed by atoms with Crippen molar-refractivity contribution in [3.05, 3.63) is 23.8 Å². The molecular weight excluding hydrogens is 308 g/mol. The fourth-order valence-electron chi connectivity index (χ4n) is 1.97. The van der Waals surface area contributed by atoms with E-state index in [0.29, 0.717) is 5.69 Å². The molecule has 0 aliphatic carbocycles. The second-order valence-electron chi connectivity index (χ2n) is 5.07. The third-order valence-electron chi connectivity index (χ3n) is 3.31. The highest BCUT2D eigenvalue weighted by atomic mass is 16.5. The number of nitrogens with zero attached hydrogens (tertiary/aromatic N) is 2. The summed E-state index contributed by atoms with van der Waals surface area (Å²) in [6.07, 6.45) is -3.51. The summed E-state index contributed by atoms with van der Waals surface area (Å²) in [7, 11) is 0. The van der Waals surface area contributed by atoms with Gasteiger partial charge in [-0.3, -0.25) is 9.97 Å². The van der Waals surface area contributed by atoms with Gasteiger partial charge in [0.05, 0.1) is 36.9 Å². The van der Waals surface area contributed by atoms with E-state index in [4.69, 9.17) is 14.9 Å². The Balaban J connectivity index is 2.77. The van der Waals surface area contributed by atoms with Gasteiger partial charge < -0.3 is 35.4 Å². The Morgan fingerprint density at radius 3 is 2.09 bits per heavy atom. The van der Waals surface area contributed by atoms with Crippen molar-refractivity contribution in [3.8, 4) is 0 Å². The minimum absolute atomic E-state index is 0.0146. The SMILES string of the molecule is CCO[C@@H]([C@H](O)CO)[C@H](O)c1cnc(C[C@H](O)[C@H](O)CO)cn1. The van der Waals surface area contributed by atoms with Crippen LogP contribution in [0.1, 0.15) is 24.4 Å². The van der Waals surface area contributed by atoms with Crippen LogP contribution in [0.3, 0.4) is 0 Å². The summed E-state index contributed by atoms with van der Waals surface area (Å²) < 4.78 is 5.22. The lowest BCUT2D eigenvalue weighted by Gasteiger charge is -2.25. The van der Waals surface area contributed by atoms with Crippen molar-refractivity contribution in [1.82, 2.24) is 9.97 Å². The molecule has 0 saturated heterocycles. The Bertz CT molecular complexity index is 445. The molecule has 9 nitrogen and oxygen atoms in total. The van der Waals surface area contributed by atoms with Crippen molar-refractivity contribution < 1.29 is 35.4 Å². The van der Waals surface area contributed by atoms with E-state index >= 15 is 0 Å². The second kappa shape index (κ2) is 9.83. The maximum atomic E-state index is 10.2. The van der Waals surface area contributed by atoms with E-state index in [1.165, 1.54) is 12.4 Å². The van der Waals surface area contributed by atoms with Gasteiger partial charge in [-0.05, 0) is 6.92 Å². The predicted octanol–water partition coefficient (Wildman–Crippen LogP) is -2.48. The zero-order valence-corrected chi connectivity index (χ0v) is 12.9. The molecule has 1 rings (SSSR count). The highest BCUT2D eigenvalue weighted by Crippen LogP contribution is 2.20. The topological polar surface area (TPSA) is 156 Å². The summed E-state index contributed by atoms with van der Waals surface area (Å²) in [5.74, 6) is 0. The largest absolute Gasteiger partial charge is 0.394 e. The summed E-state index contributed by atoms with van der Waals surface area (Å²) in [5.41, 5.74) is 0.494. The number of aromatic nitrogens is 2. The smallest absolute Gasteiger partial charge is 0.126 e. The molecule has 0 aliphatic heterocycles. The van der Waals surface area contributed by atoms with E-state index in [-0.39, 0.29) is 18.7 Å². The third-order valence-corrected chi connectivity index (χ3v) is 3.31. The van der Waals surface area contributed by atoms with Crippen molar-refractivity contribution in [2.24, 2.45) is 0 Å².